The summed E-state index contributed by atoms with van der Waals surface area (Å²) in [5.41, 5.74) is 2.28. The zero-order valence-electron chi connectivity index (χ0n) is 22.2. The van der Waals surface area contributed by atoms with Gasteiger partial charge in [0.05, 0.1) is 5.40 Å². The summed E-state index contributed by atoms with van der Waals surface area (Å²) < 4.78 is 0. The van der Waals surface area contributed by atoms with Crippen LogP contribution in [0.3, 0.4) is 0 Å². The zero-order valence-corrected chi connectivity index (χ0v) is 24.0. The standard InChI is InChI=1S/C29H59P2/c1-5-6-7-8-9-10-11-12-13-14-21-26-29(31(2,3)4)30(27-22-17-15-18-23-27)28-24-19-16-20-25-28/h27-29H,5-26H2,1-4H3/q+1. The van der Waals surface area contributed by atoms with Gasteiger partial charge in [0.25, 0.3) is 0 Å². The fourth-order valence-electron chi connectivity index (χ4n) is 6.47. The summed E-state index contributed by atoms with van der Waals surface area (Å²) in [5, 5.41) is 1.13. The Labute approximate surface area is 200 Å². The maximum Gasteiger partial charge on any atom is 0.0874 e. The van der Waals surface area contributed by atoms with E-state index >= 15 is 0 Å². The summed E-state index contributed by atoms with van der Waals surface area (Å²) in [6, 6.07) is 0. The van der Waals surface area contributed by atoms with E-state index in [1.54, 1.807) is 57.8 Å². The molecular weight excluding hydrogens is 410 g/mol. The van der Waals surface area contributed by atoms with Gasteiger partial charge in [0.1, 0.15) is 0 Å². The summed E-state index contributed by atoms with van der Waals surface area (Å²) in [6.45, 7) is 10.4. The summed E-state index contributed by atoms with van der Waals surface area (Å²) in [4.78, 5) is 0. The lowest BCUT2D eigenvalue weighted by Gasteiger charge is -2.44. The number of hydrogen-bond donors (Lipinski definition) is 0. The van der Waals surface area contributed by atoms with Crippen molar-refractivity contribution in [1.29, 1.82) is 0 Å². The minimum Gasteiger partial charge on any atom is -0.0654 e. The summed E-state index contributed by atoms with van der Waals surface area (Å²) in [6.07, 6.45) is 33.5. The van der Waals surface area contributed by atoms with Crippen LogP contribution < -0.4 is 0 Å². The fourth-order valence-corrected chi connectivity index (χ4v) is 15.7. The third-order valence-electron chi connectivity index (χ3n) is 8.30. The van der Waals surface area contributed by atoms with Crippen molar-refractivity contribution >= 4 is 15.2 Å². The Balaban J connectivity index is 1.77. The van der Waals surface area contributed by atoms with E-state index in [1.165, 1.54) is 83.5 Å². The Bertz CT molecular complexity index is 397. The predicted octanol–water partition coefficient (Wildman–Crippen LogP) is 11.1. The molecule has 2 heteroatoms. The molecule has 0 aromatic carbocycles. The van der Waals surface area contributed by atoms with Crippen LogP contribution in [0.5, 0.6) is 0 Å². The first-order chi connectivity index (χ1) is 15.0. The van der Waals surface area contributed by atoms with Crippen LogP contribution >= 0.6 is 15.2 Å². The minimum absolute atomic E-state index is 0.263. The van der Waals surface area contributed by atoms with Gasteiger partial charge in [-0.15, -0.1) is 0 Å². The van der Waals surface area contributed by atoms with Crippen LogP contribution in [-0.2, 0) is 0 Å². The first kappa shape index (κ1) is 28.1. The van der Waals surface area contributed by atoms with Crippen molar-refractivity contribution in [3.63, 3.8) is 0 Å². The van der Waals surface area contributed by atoms with Crippen molar-refractivity contribution in [2.24, 2.45) is 0 Å². The Morgan fingerprint density at radius 2 is 0.968 bits per heavy atom. The van der Waals surface area contributed by atoms with Crippen LogP contribution in [0.15, 0.2) is 0 Å². The lowest BCUT2D eigenvalue weighted by atomic mass is 9.99. The molecule has 0 nitrogen and oxygen atoms in total. The van der Waals surface area contributed by atoms with Crippen molar-refractivity contribution in [3.05, 3.63) is 0 Å². The maximum absolute atomic E-state index is 2.71. The molecule has 0 radical (unpaired) electrons. The van der Waals surface area contributed by atoms with E-state index in [9.17, 15) is 0 Å². The molecule has 0 saturated heterocycles. The first-order valence-corrected chi connectivity index (χ1v) is 19.4. The second-order valence-electron chi connectivity index (χ2n) is 12.0. The molecule has 2 rings (SSSR count). The normalized spacial score (nSPS) is 20.4. The van der Waals surface area contributed by atoms with E-state index in [4.69, 9.17) is 0 Å². The molecule has 0 heterocycles. The van der Waals surface area contributed by atoms with Crippen molar-refractivity contribution in [1.82, 2.24) is 0 Å². The molecule has 2 aliphatic rings. The first-order valence-electron chi connectivity index (χ1n) is 14.6. The Kier molecular flexibility index (Phi) is 14.9. The van der Waals surface area contributed by atoms with E-state index in [-0.39, 0.29) is 7.92 Å². The van der Waals surface area contributed by atoms with Crippen LogP contribution in [0.4, 0.5) is 0 Å². The molecule has 1 atom stereocenters. The van der Waals surface area contributed by atoms with Gasteiger partial charge in [-0.25, -0.2) is 0 Å². The molecule has 0 aromatic heterocycles. The highest BCUT2D eigenvalue weighted by Gasteiger charge is 2.44. The number of rotatable bonds is 16. The quantitative estimate of drug-likeness (QED) is 0.156. The fraction of sp³-hybridized carbons (Fsp3) is 1.00. The lowest BCUT2D eigenvalue weighted by Crippen LogP contribution is -2.28. The van der Waals surface area contributed by atoms with Gasteiger partial charge in [-0.3, -0.25) is 0 Å². The molecule has 0 spiro atoms. The highest BCUT2D eigenvalue weighted by molar-refractivity contribution is 7.85. The monoisotopic (exact) mass is 469 g/mol. The van der Waals surface area contributed by atoms with Crippen LogP contribution in [-0.4, -0.2) is 36.7 Å². The molecule has 1 unspecified atom stereocenters. The smallest absolute Gasteiger partial charge is 0.0654 e. The molecule has 0 aromatic rings. The van der Waals surface area contributed by atoms with Crippen molar-refractivity contribution in [2.75, 3.05) is 20.0 Å². The summed E-state index contributed by atoms with van der Waals surface area (Å²) in [5.74, 6) is 0. The maximum atomic E-state index is 2.71. The average molecular weight is 470 g/mol. The molecule has 2 saturated carbocycles. The average Bonchev–Trinajstić information content (AvgIpc) is 2.77. The van der Waals surface area contributed by atoms with Crippen molar-refractivity contribution in [2.45, 2.75) is 165 Å². The third-order valence-corrected chi connectivity index (χ3v) is 16.9. The van der Waals surface area contributed by atoms with Gasteiger partial charge < -0.3 is 0 Å². The largest absolute Gasteiger partial charge is 0.0874 e. The van der Waals surface area contributed by atoms with Crippen LogP contribution in [0.1, 0.15) is 148 Å². The highest BCUT2D eigenvalue weighted by atomic mass is 31.2. The Morgan fingerprint density at radius 3 is 1.35 bits per heavy atom. The van der Waals surface area contributed by atoms with E-state index in [0.717, 1.165) is 16.7 Å². The molecule has 0 bridgehead atoms. The Hall–Kier alpha value is 0.860. The number of unbranched alkanes of at least 4 members (excludes halogenated alkanes) is 10. The molecule has 0 aliphatic heterocycles. The zero-order chi connectivity index (χ0) is 22.4. The molecular formula is C29H59P2+. The minimum atomic E-state index is -0.766. The topological polar surface area (TPSA) is 0 Å². The molecule has 0 N–H and O–H groups in total. The van der Waals surface area contributed by atoms with Gasteiger partial charge in [-0.1, -0.05) is 118 Å². The second kappa shape index (κ2) is 16.5. The molecule has 0 amide bonds. The molecule has 2 aliphatic carbocycles. The van der Waals surface area contributed by atoms with E-state index in [1.807, 2.05) is 0 Å². The SMILES string of the molecule is CCCCCCCCCCCCCC(P(C1CCCCC1)C1CCCCC1)[P+](C)(C)C. The lowest BCUT2D eigenvalue weighted by molar-refractivity contribution is 0.481. The summed E-state index contributed by atoms with van der Waals surface area (Å²) >= 11 is 0. The van der Waals surface area contributed by atoms with Crippen molar-refractivity contribution in [3.8, 4) is 0 Å². The van der Waals surface area contributed by atoms with Gasteiger partial charge in [0, 0.05) is 27.3 Å². The summed E-state index contributed by atoms with van der Waals surface area (Å²) in [7, 11) is -0.503. The van der Waals surface area contributed by atoms with Crippen LogP contribution in [0, 0.1) is 0 Å². The van der Waals surface area contributed by atoms with Crippen LogP contribution in [0.25, 0.3) is 0 Å². The second-order valence-corrected chi connectivity index (χ2v) is 20.2. The molecule has 2 fully saturated rings. The predicted molar refractivity (Wildman–Crippen MR) is 150 cm³/mol. The highest BCUT2D eigenvalue weighted by Crippen LogP contribution is 2.72. The Morgan fingerprint density at radius 1 is 0.581 bits per heavy atom. The van der Waals surface area contributed by atoms with Gasteiger partial charge >= 0.3 is 0 Å². The van der Waals surface area contributed by atoms with Crippen LogP contribution in [0.2, 0.25) is 0 Å². The van der Waals surface area contributed by atoms with Gasteiger partial charge in [0.2, 0.25) is 0 Å². The van der Waals surface area contributed by atoms with E-state index in [2.05, 4.69) is 26.9 Å². The van der Waals surface area contributed by atoms with E-state index in [0.29, 0.717) is 0 Å². The molecule has 31 heavy (non-hydrogen) atoms. The number of hydrogen-bond acceptors (Lipinski definition) is 0. The van der Waals surface area contributed by atoms with Crippen molar-refractivity contribution < 1.29 is 0 Å². The van der Waals surface area contributed by atoms with E-state index < -0.39 is 7.26 Å². The third kappa shape index (κ3) is 11.2. The van der Waals surface area contributed by atoms with Gasteiger partial charge in [0.15, 0.2) is 0 Å². The molecule has 184 valence electrons. The van der Waals surface area contributed by atoms with Gasteiger partial charge in [-0.2, -0.15) is 0 Å². The van der Waals surface area contributed by atoms with Gasteiger partial charge in [-0.05, 0) is 49.8 Å².